The quantitative estimate of drug-likeness (QED) is 0.694. The predicted octanol–water partition coefficient (Wildman–Crippen LogP) is 2.69. The first-order valence-electron chi connectivity index (χ1n) is 7.32. The van der Waals surface area contributed by atoms with E-state index in [-0.39, 0.29) is 6.10 Å². The van der Waals surface area contributed by atoms with Gasteiger partial charge in [-0.3, -0.25) is 0 Å². The number of rotatable bonds is 9. The highest BCUT2D eigenvalue weighted by molar-refractivity contribution is 5.26. The Morgan fingerprint density at radius 3 is 2.37 bits per heavy atom. The predicted molar refractivity (Wildman–Crippen MR) is 81.9 cm³/mol. The topological polar surface area (TPSA) is 24.5 Å². The van der Waals surface area contributed by atoms with Gasteiger partial charge in [-0.2, -0.15) is 0 Å². The van der Waals surface area contributed by atoms with E-state index in [4.69, 9.17) is 4.74 Å². The maximum atomic E-state index is 5.85. The molecule has 1 aromatic carbocycles. The van der Waals surface area contributed by atoms with Gasteiger partial charge in [0, 0.05) is 19.6 Å². The minimum Gasteiger partial charge on any atom is -0.489 e. The zero-order valence-electron chi connectivity index (χ0n) is 12.8. The van der Waals surface area contributed by atoms with Gasteiger partial charge in [-0.15, -0.1) is 0 Å². The molecule has 1 N–H and O–H groups in total. The van der Waals surface area contributed by atoms with Crippen molar-refractivity contribution in [3.63, 3.8) is 0 Å². The van der Waals surface area contributed by atoms with Crippen molar-refractivity contribution < 1.29 is 4.74 Å². The molecule has 0 aliphatic heterocycles. The van der Waals surface area contributed by atoms with E-state index in [9.17, 15) is 0 Å². The zero-order chi connectivity index (χ0) is 14.1. The van der Waals surface area contributed by atoms with Gasteiger partial charge in [0.1, 0.15) is 11.9 Å². The number of aryl methyl sites for hydroxylation is 1. The Kier molecular flexibility index (Phi) is 7.53. The second-order valence-corrected chi connectivity index (χ2v) is 4.97. The van der Waals surface area contributed by atoms with Gasteiger partial charge < -0.3 is 15.0 Å². The maximum absolute atomic E-state index is 5.85. The molecule has 0 aliphatic carbocycles. The van der Waals surface area contributed by atoms with Crippen LogP contribution in [0.3, 0.4) is 0 Å². The number of hydrogen-bond donors (Lipinski definition) is 1. The van der Waals surface area contributed by atoms with Crippen LogP contribution in [0.25, 0.3) is 0 Å². The molecule has 19 heavy (non-hydrogen) atoms. The van der Waals surface area contributed by atoms with Gasteiger partial charge in [0.25, 0.3) is 0 Å². The summed E-state index contributed by atoms with van der Waals surface area (Å²) < 4.78 is 5.85. The third kappa shape index (κ3) is 6.60. The van der Waals surface area contributed by atoms with Crippen LogP contribution < -0.4 is 10.1 Å². The van der Waals surface area contributed by atoms with Crippen molar-refractivity contribution in [2.24, 2.45) is 0 Å². The summed E-state index contributed by atoms with van der Waals surface area (Å²) in [6.07, 6.45) is 0.194. The van der Waals surface area contributed by atoms with Crippen molar-refractivity contribution in [3.05, 3.63) is 29.8 Å². The normalized spacial score (nSPS) is 12.7. The van der Waals surface area contributed by atoms with Gasteiger partial charge in [0.05, 0.1) is 0 Å². The highest BCUT2D eigenvalue weighted by Gasteiger charge is 2.04. The molecule has 0 saturated heterocycles. The maximum Gasteiger partial charge on any atom is 0.119 e. The summed E-state index contributed by atoms with van der Waals surface area (Å²) in [5, 5.41) is 3.45. The van der Waals surface area contributed by atoms with Crippen LogP contribution in [-0.4, -0.2) is 43.7 Å². The molecule has 0 bridgehead atoms. The fraction of sp³-hybridized carbons (Fsp3) is 0.625. The molecule has 0 saturated carbocycles. The van der Waals surface area contributed by atoms with E-state index in [0.29, 0.717) is 0 Å². The molecule has 3 nitrogen and oxygen atoms in total. The van der Waals surface area contributed by atoms with Crippen LogP contribution in [0.15, 0.2) is 24.3 Å². The Morgan fingerprint density at radius 1 is 1.16 bits per heavy atom. The van der Waals surface area contributed by atoms with Crippen LogP contribution in [0.2, 0.25) is 0 Å². The Hall–Kier alpha value is -1.06. The standard InChI is InChI=1S/C16H28N2O/c1-5-18(6-2)12-11-17-13-15(4)19-16-9-7-14(3)8-10-16/h7-10,15,17H,5-6,11-13H2,1-4H3. The summed E-state index contributed by atoms with van der Waals surface area (Å²) in [6, 6.07) is 8.22. The molecule has 0 amide bonds. The number of ether oxygens (including phenoxy) is 1. The van der Waals surface area contributed by atoms with E-state index < -0.39 is 0 Å². The molecule has 0 fully saturated rings. The molecular weight excluding hydrogens is 236 g/mol. The summed E-state index contributed by atoms with van der Waals surface area (Å²) in [7, 11) is 0. The molecule has 0 radical (unpaired) electrons. The highest BCUT2D eigenvalue weighted by Crippen LogP contribution is 2.12. The van der Waals surface area contributed by atoms with E-state index in [2.05, 4.69) is 50.0 Å². The van der Waals surface area contributed by atoms with Crippen LogP contribution in [-0.2, 0) is 0 Å². The second-order valence-electron chi connectivity index (χ2n) is 4.97. The monoisotopic (exact) mass is 264 g/mol. The fourth-order valence-corrected chi connectivity index (χ4v) is 1.97. The van der Waals surface area contributed by atoms with Crippen molar-refractivity contribution in [2.45, 2.75) is 33.8 Å². The van der Waals surface area contributed by atoms with Gasteiger partial charge in [0.15, 0.2) is 0 Å². The minimum absolute atomic E-state index is 0.194. The number of nitrogens with one attached hydrogen (secondary N) is 1. The van der Waals surface area contributed by atoms with Crippen molar-refractivity contribution in [2.75, 3.05) is 32.7 Å². The third-order valence-corrected chi connectivity index (χ3v) is 3.29. The van der Waals surface area contributed by atoms with Crippen molar-refractivity contribution in [1.29, 1.82) is 0 Å². The summed E-state index contributed by atoms with van der Waals surface area (Å²) >= 11 is 0. The van der Waals surface area contributed by atoms with Crippen molar-refractivity contribution in [1.82, 2.24) is 10.2 Å². The minimum atomic E-state index is 0.194. The number of benzene rings is 1. The van der Waals surface area contributed by atoms with Gasteiger partial charge in [-0.1, -0.05) is 31.5 Å². The Morgan fingerprint density at radius 2 is 1.79 bits per heavy atom. The SMILES string of the molecule is CCN(CC)CCNCC(C)Oc1ccc(C)cc1. The van der Waals surface area contributed by atoms with Gasteiger partial charge in [-0.25, -0.2) is 0 Å². The van der Waals surface area contributed by atoms with Crippen LogP contribution in [0.4, 0.5) is 0 Å². The molecule has 108 valence electrons. The first kappa shape index (κ1) is 16.0. The molecule has 0 aliphatic rings. The van der Waals surface area contributed by atoms with E-state index in [1.54, 1.807) is 0 Å². The summed E-state index contributed by atoms with van der Waals surface area (Å²) in [4.78, 5) is 2.42. The van der Waals surface area contributed by atoms with Crippen LogP contribution in [0.5, 0.6) is 5.75 Å². The summed E-state index contributed by atoms with van der Waals surface area (Å²) in [6.45, 7) is 13.8. The number of nitrogens with zero attached hydrogens (tertiary/aromatic N) is 1. The van der Waals surface area contributed by atoms with Crippen LogP contribution in [0, 0.1) is 6.92 Å². The Labute approximate surface area is 118 Å². The highest BCUT2D eigenvalue weighted by atomic mass is 16.5. The lowest BCUT2D eigenvalue weighted by Gasteiger charge is -2.20. The zero-order valence-corrected chi connectivity index (χ0v) is 12.8. The average molecular weight is 264 g/mol. The van der Waals surface area contributed by atoms with E-state index >= 15 is 0 Å². The smallest absolute Gasteiger partial charge is 0.119 e. The van der Waals surface area contributed by atoms with Gasteiger partial charge in [0.2, 0.25) is 0 Å². The lowest BCUT2D eigenvalue weighted by atomic mass is 10.2. The van der Waals surface area contributed by atoms with Crippen LogP contribution >= 0.6 is 0 Å². The molecule has 3 heteroatoms. The summed E-state index contributed by atoms with van der Waals surface area (Å²) in [5.74, 6) is 0.948. The Bertz CT molecular complexity index is 333. The van der Waals surface area contributed by atoms with Crippen molar-refractivity contribution in [3.8, 4) is 5.75 Å². The first-order valence-corrected chi connectivity index (χ1v) is 7.32. The average Bonchev–Trinajstić information content (AvgIpc) is 2.42. The third-order valence-electron chi connectivity index (χ3n) is 3.29. The van der Waals surface area contributed by atoms with E-state index in [1.807, 2.05) is 12.1 Å². The molecule has 0 aromatic heterocycles. The van der Waals surface area contributed by atoms with Gasteiger partial charge in [-0.05, 0) is 39.1 Å². The molecule has 1 unspecified atom stereocenters. The largest absolute Gasteiger partial charge is 0.489 e. The molecule has 0 spiro atoms. The van der Waals surface area contributed by atoms with Crippen molar-refractivity contribution >= 4 is 0 Å². The number of likely N-dealkylation sites (N-methyl/N-ethyl adjacent to an activating group) is 1. The van der Waals surface area contributed by atoms with E-state index in [0.717, 1.165) is 38.5 Å². The molecule has 1 atom stereocenters. The Balaban J connectivity index is 2.17. The van der Waals surface area contributed by atoms with Crippen LogP contribution in [0.1, 0.15) is 26.3 Å². The fourth-order valence-electron chi connectivity index (χ4n) is 1.97. The number of hydrogen-bond acceptors (Lipinski definition) is 3. The van der Waals surface area contributed by atoms with Gasteiger partial charge >= 0.3 is 0 Å². The molecule has 1 aromatic rings. The molecule has 1 rings (SSSR count). The summed E-state index contributed by atoms with van der Waals surface area (Å²) in [5.41, 5.74) is 1.26. The molecular formula is C16H28N2O. The molecule has 0 heterocycles. The lowest BCUT2D eigenvalue weighted by Crippen LogP contribution is -2.36. The second kappa shape index (κ2) is 8.94. The van der Waals surface area contributed by atoms with E-state index in [1.165, 1.54) is 5.56 Å². The first-order chi connectivity index (χ1) is 9.15. The lowest BCUT2D eigenvalue weighted by molar-refractivity contribution is 0.213.